The molecule has 3 N–H and O–H groups in total. The van der Waals surface area contributed by atoms with Gasteiger partial charge in [-0.05, 0) is 38.1 Å². The molecule has 0 radical (unpaired) electrons. The van der Waals surface area contributed by atoms with Crippen LogP contribution in [0.2, 0.25) is 0 Å². The maximum Gasteiger partial charge on any atom is 0.573 e. The van der Waals surface area contributed by atoms with Gasteiger partial charge in [-0.2, -0.15) is 0 Å². The van der Waals surface area contributed by atoms with Crippen molar-refractivity contribution in [2.45, 2.75) is 26.8 Å². The molecule has 2 aromatic rings. The summed E-state index contributed by atoms with van der Waals surface area (Å²) in [4.78, 5) is 4.14. The fourth-order valence-corrected chi connectivity index (χ4v) is 1.82. The molecule has 1 heterocycles. The molecule has 2 rings (SSSR count). The van der Waals surface area contributed by atoms with Crippen molar-refractivity contribution in [1.29, 1.82) is 0 Å². The van der Waals surface area contributed by atoms with Crippen LogP contribution in [0, 0.1) is 13.8 Å². The third kappa shape index (κ3) is 5.91. The van der Waals surface area contributed by atoms with Gasteiger partial charge in [0.05, 0.1) is 12.2 Å². The number of nitrogens with zero attached hydrogens (tertiary/aromatic N) is 2. The van der Waals surface area contributed by atoms with Crippen molar-refractivity contribution in [2.24, 2.45) is 10.7 Å². The second-order valence-electron chi connectivity index (χ2n) is 4.70. The number of aromatic nitrogens is 1. The van der Waals surface area contributed by atoms with Crippen LogP contribution in [0.3, 0.4) is 0 Å². The first-order valence-corrected chi connectivity index (χ1v) is 6.59. The van der Waals surface area contributed by atoms with Gasteiger partial charge in [0.15, 0.2) is 5.96 Å². The fourth-order valence-electron chi connectivity index (χ4n) is 1.82. The van der Waals surface area contributed by atoms with Crippen molar-refractivity contribution in [3.05, 3.63) is 41.3 Å². The van der Waals surface area contributed by atoms with Crippen molar-refractivity contribution in [1.82, 2.24) is 5.16 Å². The molecule has 0 amide bonds. The Morgan fingerprint density at radius 2 is 1.92 bits per heavy atom. The monoisotopic (exact) mass is 456 g/mol. The molecule has 0 saturated carbocycles. The van der Waals surface area contributed by atoms with Gasteiger partial charge >= 0.3 is 6.36 Å². The van der Waals surface area contributed by atoms with Crippen molar-refractivity contribution in [2.75, 3.05) is 5.32 Å². The van der Waals surface area contributed by atoms with Crippen LogP contribution in [0.4, 0.5) is 18.9 Å². The molecular formula is C14H16F3IN4O2. The van der Waals surface area contributed by atoms with Gasteiger partial charge in [-0.25, -0.2) is 4.99 Å². The Hall–Kier alpha value is -1.98. The zero-order valence-corrected chi connectivity index (χ0v) is 15.2. The second-order valence-corrected chi connectivity index (χ2v) is 4.70. The molecule has 0 aliphatic rings. The summed E-state index contributed by atoms with van der Waals surface area (Å²) in [5.41, 5.74) is 7.79. The van der Waals surface area contributed by atoms with Crippen LogP contribution in [0.1, 0.15) is 17.0 Å². The first-order chi connectivity index (χ1) is 10.7. The molecule has 10 heteroatoms. The van der Waals surface area contributed by atoms with Gasteiger partial charge in [0.2, 0.25) is 0 Å². The summed E-state index contributed by atoms with van der Waals surface area (Å²) in [5.74, 6) is 0.469. The van der Waals surface area contributed by atoms with Crippen LogP contribution in [0.5, 0.6) is 5.75 Å². The van der Waals surface area contributed by atoms with Crippen molar-refractivity contribution < 1.29 is 22.4 Å². The molecule has 132 valence electrons. The average Bonchev–Trinajstić information content (AvgIpc) is 2.76. The lowest BCUT2D eigenvalue weighted by atomic mass is 10.2. The Kier molecular flexibility index (Phi) is 6.87. The standard InChI is InChI=1S/C14H15F3N4O2.HI/c1-8-12(9(2)23-21-8)7-19-13(18)20-10-3-5-11(6-4-10)22-14(15,16)17;/h3-6H,7H2,1-2H3,(H3,18,19,20);1H. The number of rotatable bonds is 4. The number of halogens is 4. The normalized spacial score (nSPS) is 11.8. The number of alkyl halides is 3. The number of nitrogens with two attached hydrogens (primary N) is 1. The minimum Gasteiger partial charge on any atom is -0.406 e. The molecular weight excluding hydrogens is 440 g/mol. The van der Waals surface area contributed by atoms with E-state index in [1.54, 1.807) is 13.8 Å². The summed E-state index contributed by atoms with van der Waals surface area (Å²) in [6.07, 6.45) is -4.72. The van der Waals surface area contributed by atoms with Crippen LogP contribution in [-0.4, -0.2) is 17.5 Å². The number of anilines is 1. The topological polar surface area (TPSA) is 85.7 Å². The quantitative estimate of drug-likeness (QED) is 0.416. The van der Waals surface area contributed by atoms with Crippen LogP contribution in [0.25, 0.3) is 0 Å². The highest BCUT2D eigenvalue weighted by Gasteiger charge is 2.30. The minimum absolute atomic E-state index is 0. The lowest BCUT2D eigenvalue weighted by molar-refractivity contribution is -0.274. The number of guanidine groups is 1. The molecule has 0 fully saturated rings. The van der Waals surface area contributed by atoms with Gasteiger partial charge in [-0.3, -0.25) is 0 Å². The minimum atomic E-state index is -4.72. The van der Waals surface area contributed by atoms with E-state index in [0.29, 0.717) is 11.4 Å². The van der Waals surface area contributed by atoms with E-state index >= 15 is 0 Å². The summed E-state index contributed by atoms with van der Waals surface area (Å²) >= 11 is 0. The van der Waals surface area contributed by atoms with Gasteiger partial charge < -0.3 is 20.3 Å². The third-order valence-electron chi connectivity index (χ3n) is 2.95. The van der Waals surface area contributed by atoms with E-state index in [1.807, 2.05) is 0 Å². The predicted octanol–water partition coefficient (Wildman–Crippen LogP) is 3.73. The van der Waals surface area contributed by atoms with E-state index < -0.39 is 6.36 Å². The molecule has 0 atom stereocenters. The van der Waals surface area contributed by atoms with Crippen LogP contribution in [0.15, 0.2) is 33.8 Å². The smallest absolute Gasteiger partial charge is 0.406 e. The first kappa shape index (κ1) is 20.1. The van der Waals surface area contributed by atoms with Gasteiger partial charge in [0.1, 0.15) is 11.5 Å². The van der Waals surface area contributed by atoms with Gasteiger partial charge in [-0.1, -0.05) is 5.16 Å². The molecule has 0 aliphatic heterocycles. The summed E-state index contributed by atoms with van der Waals surface area (Å²) in [6.45, 7) is 3.85. The van der Waals surface area contributed by atoms with Crippen molar-refractivity contribution in [3.8, 4) is 5.75 Å². The number of aliphatic imine (C=N–C) groups is 1. The molecule has 1 aromatic heterocycles. The number of ether oxygens (including phenoxy) is 1. The Balaban J connectivity index is 0.00000288. The van der Waals surface area contributed by atoms with E-state index in [1.165, 1.54) is 24.3 Å². The lowest BCUT2D eigenvalue weighted by Crippen LogP contribution is -2.22. The number of hydrogen-bond acceptors (Lipinski definition) is 4. The fraction of sp³-hybridized carbons (Fsp3) is 0.286. The number of hydrogen-bond donors (Lipinski definition) is 2. The SMILES string of the molecule is Cc1noc(C)c1CN=C(N)Nc1ccc(OC(F)(F)F)cc1.I. The zero-order valence-electron chi connectivity index (χ0n) is 12.8. The second kappa shape index (κ2) is 8.22. The molecule has 24 heavy (non-hydrogen) atoms. The average molecular weight is 456 g/mol. The highest BCUT2D eigenvalue weighted by atomic mass is 127. The maximum absolute atomic E-state index is 12.1. The van der Waals surface area contributed by atoms with Crippen molar-refractivity contribution >= 4 is 35.6 Å². The van der Waals surface area contributed by atoms with Gasteiger partial charge in [-0.15, -0.1) is 37.1 Å². The zero-order chi connectivity index (χ0) is 17.0. The summed E-state index contributed by atoms with van der Waals surface area (Å²) in [7, 11) is 0. The maximum atomic E-state index is 12.1. The molecule has 0 spiro atoms. The molecule has 1 aromatic carbocycles. The Morgan fingerprint density at radius 3 is 2.42 bits per heavy atom. The van der Waals surface area contributed by atoms with Gasteiger partial charge in [0, 0.05) is 11.3 Å². The predicted molar refractivity (Wildman–Crippen MR) is 93.5 cm³/mol. The van der Waals surface area contributed by atoms with E-state index in [-0.39, 0.29) is 42.2 Å². The number of benzene rings is 1. The Morgan fingerprint density at radius 1 is 1.29 bits per heavy atom. The molecule has 0 saturated heterocycles. The molecule has 0 bridgehead atoms. The largest absolute Gasteiger partial charge is 0.573 e. The number of aryl methyl sites for hydroxylation is 2. The summed E-state index contributed by atoms with van der Waals surface area (Å²) in [5, 5.41) is 6.58. The van der Waals surface area contributed by atoms with E-state index in [9.17, 15) is 13.2 Å². The van der Waals surface area contributed by atoms with Gasteiger partial charge in [0.25, 0.3) is 0 Å². The first-order valence-electron chi connectivity index (χ1n) is 6.59. The summed E-state index contributed by atoms with van der Waals surface area (Å²) < 4.78 is 45.0. The third-order valence-corrected chi connectivity index (χ3v) is 2.95. The Labute approximate surface area is 153 Å². The number of nitrogens with one attached hydrogen (secondary N) is 1. The Bertz CT molecular complexity index is 680. The van der Waals surface area contributed by atoms with Crippen LogP contribution in [-0.2, 0) is 6.54 Å². The molecule has 6 nitrogen and oxygen atoms in total. The summed E-state index contributed by atoms with van der Waals surface area (Å²) in [6, 6.07) is 5.16. The lowest BCUT2D eigenvalue weighted by Gasteiger charge is -2.10. The van der Waals surface area contributed by atoms with Crippen LogP contribution < -0.4 is 15.8 Å². The van der Waals surface area contributed by atoms with Crippen LogP contribution >= 0.6 is 24.0 Å². The van der Waals surface area contributed by atoms with Crippen molar-refractivity contribution in [3.63, 3.8) is 0 Å². The van der Waals surface area contributed by atoms with E-state index in [0.717, 1.165) is 11.3 Å². The highest BCUT2D eigenvalue weighted by molar-refractivity contribution is 14.0. The highest BCUT2D eigenvalue weighted by Crippen LogP contribution is 2.23. The van der Waals surface area contributed by atoms with E-state index in [4.69, 9.17) is 10.3 Å². The molecule has 0 unspecified atom stereocenters. The molecule has 0 aliphatic carbocycles. The van der Waals surface area contributed by atoms with E-state index in [2.05, 4.69) is 20.2 Å².